The lowest BCUT2D eigenvalue weighted by molar-refractivity contribution is -0.141. The Bertz CT molecular complexity index is 1030. The van der Waals surface area contributed by atoms with Crippen LogP contribution in [0.1, 0.15) is 47.7 Å². The monoisotopic (exact) mass is 466 g/mol. The van der Waals surface area contributed by atoms with Gasteiger partial charge in [-0.15, -0.1) is 11.3 Å². The van der Waals surface area contributed by atoms with Crippen LogP contribution in [0.3, 0.4) is 0 Å². The third kappa shape index (κ3) is 5.59. The molecule has 0 bridgehead atoms. The van der Waals surface area contributed by atoms with Crippen molar-refractivity contribution in [3.8, 4) is 0 Å². The van der Waals surface area contributed by atoms with Gasteiger partial charge in [-0.3, -0.25) is 9.59 Å². The summed E-state index contributed by atoms with van der Waals surface area (Å²) in [5.41, 5.74) is 1.62. The van der Waals surface area contributed by atoms with Crippen molar-refractivity contribution in [2.75, 3.05) is 0 Å². The SMILES string of the molecule is O=C(NC1CCCC1)[C@H](c1ccccc1Cl)N(Cc1ccccc1)C(=O)Cc1cccs1. The molecule has 1 aliphatic carbocycles. The third-order valence-electron chi connectivity index (χ3n) is 5.88. The summed E-state index contributed by atoms with van der Waals surface area (Å²) in [7, 11) is 0. The van der Waals surface area contributed by atoms with Gasteiger partial charge in [0.05, 0.1) is 6.42 Å². The smallest absolute Gasteiger partial charge is 0.247 e. The minimum atomic E-state index is -0.794. The predicted octanol–water partition coefficient (Wildman–Crippen LogP) is 5.77. The molecule has 3 aromatic rings. The number of nitrogens with zero attached hydrogens (tertiary/aromatic N) is 1. The molecule has 0 saturated heterocycles. The van der Waals surface area contributed by atoms with Gasteiger partial charge in [-0.1, -0.05) is 79.0 Å². The first-order valence-electron chi connectivity index (χ1n) is 11.0. The van der Waals surface area contributed by atoms with E-state index >= 15 is 0 Å². The van der Waals surface area contributed by atoms with Crippen molar-refractivity contribution in [1.82, 2.24) is 10.2 Å². The highest BCUT2D eigenvalue weighted by Gasteiger charge is 2.34. The highest BCUT2D eigenvalue weighted by atomic mass is 35.5. The molecule has 4 rings (SSSR count). The Hall–Kier alpha value is -2.63. The molecule has 1 N–H and O–H groups in total. The van der Waals surface area contributed by atoms with E-state index in [9.17, 15) is 9.59 Å². The molecule has 2 aromatic carbocycles. The van der Waals surface area contributed by atoms with Crippen molar-refractivity contribution < 1.29 is 9.59 Å². The predicted molar refractivity (Wildman–Crippen MR) is 130 cm³/mol. The lowest BCUT2D eigenvalue weighted by atomic mass is 10.0. The second-order valence-corrected chi connectivity index (χ2v) is 9.62. The summed E-state index contributed by atoms with van der Waals surface area (Å²) in [5, 5.41) is 5.64. The second kappa shape index (κ2) is 10.8. The maximum Gasteiger partial charge on any atom is 0.247 e. The number of carbonyl (C=O) groups is 2. The van der Waals surface area contributed by atoms with Gasteiger partial charge in [-0.05, 0) is 35.9 Å². The zero-order chi connectivity index (χ0) is 22.3. The molecule has 4 nitrogen and oxygen atoms in total. The number of amides is 2. The number of benzene rings is 2. The van der Waals surface area contributed by atoms with E-state index in [0.717, 1.165) is 36.1 Å². The molecule has 0 radical (unpaired) electrons. The quantitative estimate of drug-likeness (QED) is 0.458. The Morgan fingerprint density at radius 2 is 1.72 bits per heavy atom. The van der Waals surface area contributed by atoms with E-state index in [4.69, 9.17) is 11.6 Å². The van der Waals surface area contributed by atoms with Crippen LogP contribution in [0.2, 0.25) is 5.02 Å². The summed E-state index contributed by atoms with van der Waals surface area (Å²) in [5.74, 6) is -0.261. The fraction of sp³-hybridized carbons (Fsp3) is 0.308. The van der Waals surface area contributed by atoms with Crippen LogP contribution in [0.15, 0.2) is 72.1 Å². The Morgan fingerprint density at radius 1 is 1.00 bits per heavy atom. The first kappa shape index (κ1) is 22.6. The third-order valence-corrected chi connectivity index (χ3v) is 7.10. The number of hydrogen-bond acceptors (Lipinski definition) is 3. The van der Waals surface area contributed by atoms with Crippen LogP contribution in [0, 0.1) is 0 Å². The fourth-order valence-electron chi connectivity index (χ4n) is 4.27. The molecule has 1 atom stereocenters. The summed E-state index contributed by atoms with van der Waals surface area (Å²) >= 11 is 8.10. The number of nitrogens with one attached hydrogen (secondary N) is 1. The van der Waals surface area contributed by atoms with Gasteiger partial charge in [-0.2, -0.15) is 0 Å². The Labute approximate surface area is 198 Å². The van der Waals surface area contributed by atoms with Gasteiger partial charge in [0, 0.05) is 28.0 Å². The Morgan fingerprint density at radius 3 is 2.41 bits per heavy atom. The van der Waals surface area contributed by atoms with E-state index in [1.165, 1.54) is 0 Å². The van der Waals surface area contributed by atoms with Crippen molar-refractivity contribution in [2.24, 2.45) is 0 Å². The number of hydrogen-bond donors (Lipinski definition) is 1. The molecule has 1 fully saturated rings. The van der Waals surface area contributed by atoms with Gasteiger partial charge in [0.15, 0.2) is 0 Å². The standard InChI is InChI=1S/C26H27ClN2O2S/c27-23-15-7-6-14-22(23)25(26(31)28-20-11-4-5-12-20)29(18-19-9-2-1-3-10-19)24(30)17-21-13-8-16-32-21/h1-3,6-10,13-16,20,25H,4-5,11-12,17-18H2,(H,28,31)/t25-/m0/s1. The van der Waals surface area contributed by atoms with E-state index < -0.39 is 6.04 Å². The van der Waals surface area contributed by atoms with Crippen molar-refractivity contribution in [3.63, 3.8) is 0 Å². The summed E-state index contributed by atoms with van der Waals surface area (Å²) < 4.78 is 0. The number of thiophene rings is 1. The molecule has 2 amide bonds. The molecule has 32 heavy (non-hydrogen) atoms. The van der Waals surface area contributed by atoms with Crippen molar-refractivity contribution in [1.29, 1.82) is 0 Å². The van der Waals surface area contributed by atoms with Gasteiger partial charge in [0.25, 0.3) is 0 Å². The average Bonchev–Trinajstić information content (AvgIpc) is 3.50. The molecular weight excluding hydrogens is 440 g/mol. The fourth-order valence-corrected chi connectivity index (χ4v) is 5.20. The molecule has 1 aliphatic rings. The summed E-state index contributed by atoms with van der Waals surface area (Å²) in [6, 6.07) is 20.4. The highest BCUT2D eigenvalue weighted by Crippen LogP contribution is 2.31. The first-order valence-corrected chi connectivity index (χ1v) is 12.3. The van der Waals surface area contributed by atoms with Crippen LogP contribution in [-0.4, -0.2) is 22.8 Å². The van der Waals surface area contributed by atoms with E-state index in [1.54, 1.807) is 22.3 Å². The van der Waals surface area contributed by atoms with Gasteiger partial charge >= 0.3 is 0 Å². The zero-order valence-electron chi connectivity index (χ0n) is 17.9. The molecule has 0 unspecified atom stereocenters. The summed E-state index contributed by atoms with van der Waals surface area (Å²) in [6.07, 6.45) is 4.44. The lowest BCUT2D eigenvalue weighted by Crippen LogP contribution is -2.46. The van der Waals surface area contributed by atoms with Gasteiger partial charge in [0.2, 0.25) is 11.8 Å². The minimum Gasteiger partial charge on any atom is -0.351 e. The Kier molecular flexibility index (Phi) is 7.61. The summed E-state index contributed by atoms with van der Waals surface area (Å²) in [6.45, 7) is 0.332. The second-order valence-electron chi connectivity index (χ2n) is 8.18. The number of carbonyl (C=O) groups excluding carboxylic acids is 2. The molecule has 1 saturated carbocycles. The molecule has 1 heterocycles. The first-order chi connectivity index (χ1) is 15.6. The molecule has 0 spiro atoms. The van der Waals surface area contributed by atoms with Crippen LogP contribution in [0.5, 0.6) is 0 Å². The van der Waals surface area contributed by atoms with Crippen LogP contribution >= 0.6 is 22.9 Å². The van der Waals surface area contributed by atoms with E-state index in [1.807, 2.05) is 66.0 Å². The normalized spacial score (nSPS) is 14.8. The number of rotatable bonds is 8. The topological polar surface area (TPSA) is 49.4 Å². The lowest BCUT2D eigenvalue weighted by Gasteiger charge is -2.33. The largest absolute Gasteiger partial charge is 0.351 e. The van der Waals surface area contributed by atoms with E-state index in [0.29, 0.717) is 17.1 Å². The molecule has 6 heteroatoms. The molecule has 1 aromatic heterocycles. The molecule has 0 aliphatic heterocycles. The molecular formula is C26H27ClN2O2S. The zero-order valence-corrected chi connectivity index (χ0v) is 19.4. The van der Waals surface area contributed by atoms with E-state index in [-0.39, 0.29) is 24.3 Å². The number of halogens is 1. The van der Waals surface area contributed by atoms with Crippen LogP contribution in [0.25, 0.3) is 0 Å². The van der Waals surface area contributed by atoms with Crippen molar-refractivity contribution in [3.05, 3.63) is 93.1 Å². The van der Waals surface area contributed by atoms with Crippen LogP contribution < -0.4 is 5.32 Å². The maximum absolute atomic E-state index is 13.6. The average molecular weight is 467 g/mol. The summed E-state index contributed by atoms with van der Waals surface area (Å²) in [4.78, 5) is 29.9. The Balaban J connectivity index is 1.70. The van der Waals surface area contributed by atoms with Crippen LogP contribution in [0.4, 0.5) is 0 Å². The van der Waals surface area contributed by atoms with Gasteiger partial charge in [-0.25, -0.2) is 0 Å². The van der Waals surface area contributed by atoms with Gasteiger partial charge < -0.3 is 10.2 Å². The minimum absolute atomic E-state index is 0.0946. The molecule has 166 valence electrons. The van der Waals surface area contributed by atoms with Crippen molar-refractivity contribution >= 4 is 34.8 Å². The van der Waals surface area contributed by atoms with Crippen LogP contribution in [-0.2, 0) is 22.6 Å². The maximum atomic E-state index is 13.6. The highest BCUT2D eigenvalue weighted by molar-refractivity contribution is 7.10. The van der Waals surface area contributed by atoms with Gasteiger partial charge in [0.1, 0.15) is 6.04 Å². The van der Waals surface area contributed by atoms with E-state index in [2.05, 4.69) is 5.32 Å². The van der Waals surface area contributed by atoms with Crippen molar-refractivity contribution in [2.45, 2.75) is 50.7 Å².